The SMILES string of the molecule is ClN1C=Nc2[nH]c(-c3ccc(CN4CCCC4)cc3)cc2C1NCc1ccccc1. The first-order valence-corrected chi connectivity index (χ1v) is 10.9. The monoisotopic (exact) mass is 419 g/mol. The number of aromatic amines is 1. The van der Waals surface area contributed by atoms with Gasteiger partial charge < -0.3 is 4.98 Å². The molecule has 2 N–H and O–H groups in total. The Kier molecular flexibility index (Phi) is 5.58. The summed E-state index contributed by atoms with van der Waals surface area (Å²) < 4.78 is 1.60. The van der Waals surface area contributed by atoms with Crippen molar-refractivity contribution in [2.24, 2.45) is 4.99 Å². The highest BCUT2D eigenvalue weighted by atomic mass is 35.5. The van der Waals surface area contributed by atoms with E-state index < -0.39 is 0 Å². The molecule has 1 saturated heterocycles. The molecule has 3 aromatic rings. The number of halogens is 1. The molecule has 1 atom stereocenters. The molecule has 154 valence electrons. The van der Waals surface area contributed by atoms with E-state index in [9.17, 15) is 0 Å². The molecule has 0 saturated carbocycles. The first-order chi connectivity index (χ1) is 14.8. The summed E-state index contributed by atoms with van der Waals surface area (Å²) in [5.74, 6) is 0.855. The van der Waals surface area contributed by atoms with Crippen LogP contribution in [-0.2, 0) is 13.1 Å². The molecule has 0 bridgehead atoms. The number of aromatic nitrogens is 1. The summed E-state index contributed by atoms with van der Waals surface area (Å²) in [6.07, 6.45) is 4.16. The van der Waals surface area contributed by atoms with Crippen LogP contribution in [0.3, 0.4) is 0 Å². The van der Waals surface area contributed by atoms with Crippen molar-refractivity contribution in [2.75, 3.05) is 13.1 Å². The van der Waals surface area contributed by atoms with Gasteiger partial charge in [-0.25, -0.2) is 4.99 Å². The average molecular weight is 420 g/mol. The lowest BCUT2D eigenvalue weighted by atomic mass is 10.1. The van der Waals surface area contributed by atoms with Gasteiger partial charge in [0.2, 0.25) is 0 Å². The van der Waals surface area contributed by atoms with E-state index in [4.69, 9.17) is 11.8 Å². The molecule has 6 heteroatoms. The smallest absolute Gasteiger partial charge is 0.138 e. The van der Waals surface area contributed by atoms with Crippen LogP contribution in [0.4, 0.5) is 5.82 Å². The lowest BCUT2D eigenvalue weighted by Gasteiger charge is -2.27. The first kappa shape index (κ1) is 19.4. The number of hydrogen-bond acceptors (Lipinski definition) is 4. The van der Waals surface area contributed by atoms with Crippen LogP contribution in [0.2, 0.25) is 0 Å². The molecule has 3 heterocycles. The minimum atomic E-state index is -0.140. The van der Waals surface area contributed by atoms with Crippen LogP contribution in [0, 0.1) is 0 Å². The maximum absolute atomic E-state index is 6.44. The predicted octanol–water partition coefficient (Wildman–Crippen LogP) is 5.20. The Morgan fingerprint density at radius 3 is 2.53 bits per heavy atom. The summed E-state index contributed by atoms with van der Waals surface area (Å²) >= 11 is 6.44. The van der Waals surface area contributed by atoms with Gasteiger partial charge in [0.05, 0.1) is 0 Å². The Balaban J connectivity index is 1.32. The first-order valence-electron chi connectivity index (χ1n) is 10.6. The van der Waals surface area contributed by atoms with E-state index in [-0.39, 0.29) is 6.17 Å². The molecular weight excluding hydrogens is 394 g/mol. The zero-order valence-electron chi connectivity index (χ0n) is 16.9. The quantitative estimate of drug-likeness (QED) is 0.540. The van der Waals surface area contributed by atoms with Crippen LogP contribution in [0.15, 0.2) is 65.7 Å². The molecule has 2 aliphatic heterocycles. The predicted molar refractivity (Wildman–Crippen MR) is 123 cm³/mol. The minimum absolute atomic E-state index is 0.140. The van der Waals surface area contributed by atoms with E-state index in [1.54, 1.807) is 10.8 Å². The van der Waals surface area contributed by atoms with Crippen molar-refractivity contribution < 1.29 is 0 Å². The zero-order chi connectivity index (χ0) is 20.3. The average Bonchev–Trinajstić information content (AvgIpc) is 3.44. The third-order valence-electron chi connectivity index (χ3n) is 5.88. The van der Waals surface area contributed by atoms with Crippen LogP contribution in [-0.4, -0.2) is 33.7 Å². The van der Waals surface area contributed by atoms with Crippen LogP contribution in [0.1, 0.15) is 35.7 Å². The van der Waals surface area contributed by atoms with Crippen LogP contribution >= 0.6 is 11.8 Å². The fourth-order valence-corrected chi connectivity index (χ4v) is 4.46. The molecule has 2 aliphatic rings. The van der Waals surface area contributed by atoms with E-state index in [1.807, 2.05) is 18.2 Å². The third kappa shape index (κ3) is 4.15. The minimum Gasteiger partial charge on any atom is -0.339 e. The Morgan fingerprint density at radius 2 is 1.77 bits per heavy atom. The lowest BCUT2D eigenvalue weighted by Crippen LogP contribution is -2.33. The standard InChI is InChI=1S/C24H26ClN5/c25-30-17-27-23-21(24(30)26-15-18-6-2-1-3-7-18)14-22(28-23)20-10-8-19(9-11-20)16-29-12-4-5-13-29/h1-3,6-11,14,17,24,26,28H,4-5,12-13,15-16H2. The number of likely N-dealkylation sites (tertiary alicyclic amines) is 1. The Hall–Kier alpha value is -2.60. The molecule has 1 aromatic heterocycles. The molecule has 2 aromatic carbocycles. The van der Waals surface area contributed by atoms with Crippen molar-refractivity contribution >= 4 is 23.9 Å². The fraction of sp³-hybridized carbons (Fsp3) is 0.292. The molecule has 0 spiro atoms. The number of fused-ring (bicyclic) bond motifs is 1. The van der Waals surface area contributed by atoms with Gasteiger partial charge in [-0.3, -0.25) is 14.6 Å². The van der Waals surface area contributed by atoms with Gasteiger partial charge in [-0.1, -0.05) is 54.6 Å². The number of rotatable bonds is 6. The molecular formula is C24H26ClN5. The van der Waals surface area contributed by atoms with Crippen LogP contribution < -0.4 is 5.32 Å². The van der Waals surface area contributed by atoms with Gasteiger partial charge >= 0.3 is 0 Å². The molecule has 0 radical (unpaired) electrons. The lowest BCUT2D eigenvalue weighted by molar-refractivity contribution is 0.331. The van der Waals surface area contributed by atoms with Crippen molar-refractivity contribution in [3.8, 4) is 11.3 Å². The number of benzene rings is 2. The van der Waals surface area contributed by atoms with Crippen LogP contribution in [0.5, 0.6) is 0 Å². The van der Waals surface area contributed by atoms with Gasteiger partial charge in [0.25, 0.3) is 0 Å². The summed E-state index contributed by atoms with van der Waals surface area (Å²) in [4.78, 5) is 10.5. The van der Waals surface area contributed by atoms with Gasteiger partial charge in [-0.05, 0) is 48.7 Å². The largest absolute Gasteiger partial charge is 0.339 e. The van der Waals surface area contributed by atoms with Crippen molar-refractivity contribution in [1.82, 2.24) is 19.6 Å². The zero-order valence-corrected chi connectivity index (χ0v) is 17.6. The Bertz CT molecular complexity index is 1010. The maximum atomic E-state index is 6.44. The van der Waals surface area contributed by atoms with E-state index in [0.717, 1.165) is 35.7 Å². The molecule has 5 rings (SSSR count). The van der Waals surface area contributed by atoms with Crippen molar-refractivity contribution in [3.63, 3.8) is 0 Å². The number of H-pyrrole nitrogens is 1. The van der Waals surface area contributed by atoms with Gasteiger partial charge in [-0.2, -0.15) is 0 Å². The Labute approximate surface area is 182 Å². The normalized spacial score (nSPS) is 18.7. The van der Waals surface area contributed by atoms with E-state index >= 15 is 0 Å². The molecule has 5 nitrogen and oxygen atoms in total. The highest BCUT2D eigenvalue weighted by molar-refractivity contribution is 6.19. The van der Waals surface area contributed by atoms with E-state index in [0.29, 0.717) is 0 Å². The van der Waals surface area contributed by atoms with Gasteiger partial charge in [0.15, 0.2) is 0 Å². The van der Waals surface area contributed by atoms with Crippen molar-refractivity contribution in [1.29, 1.82) is 0 Å². The topological polar surface area (TPSA) is 46.7 Å². The molecule has 1 fully saturated rings. The van der Waals surface area contributed by atoms with Crippen molar-refractivity contribution in [3.05, 3.63) is 77.4 Å². The van der Waals surface area contributed by atoms with Gasteiger partial charge in [0, 0.05) is 36.1 Å². The third-order valence-corrected chi connectivity index (χ3v) is 6.16. The molecule has 30 heavy (non-hydrogen) atoms. The highest BCUT2D eigenvalue weighted by Crippen LogP contribution is 2.36. The maximum Gasteiger partial charge on any atom is 0.138 e. The van der Waals surface area contributed by atoms with Crippen molar-refractivity contribution in [2.45, 2.75) is 32.1 Å². The second kappa shape index (κ2) is 8.64. The Morgan fingerprint density at radius 1 is 1.00 bits per heavy atom. The number of hydrogen-bond donors (Lipinski definition) is 2. The number of nitrogens with one attached hydrogen (secondary N) is 2. The summed E-state index contributed by atoms with van der Waals surface area (Å²) in [7, 11) is 0. The molecule has 1 unspecified atom stereocenters. The summed E-state index contributed by atoms with van der Waals surface area (Å²) in [5, 5.41) is 3.54. The number of nitrogens with zero attached hydrogens (tertiary/aromatic N) is 3. The van der Waals surface area contributed by atoms with E-state index in [1.165, 1.54) is 37.1 Å². The molecule has 0 aliphatic carbocycles. The summed E-state index contributed by atoms with van der Waals surface area (Å²) in [6, 6.07) is 21.3. The fourth-order valence-electron chi connectivity index (χ4n) is 4.24. The second-order valence-corrected chi connectivity index (χ2v) is 8.42. The van der Waals surface area contributed by atoms with Gasteiger partial charge in [-0.15, -0.1) is 0 Å². The van der Waals surface area contributed by atoms with Gasteiger partial charge in [0.1, 0.15) is 18.3 Å². The summed E-state index contributed by atoms with van der Waals surface area (Å²) in [5.41, 5.74) is 5.86. The highest BCUT2D eigenvalue weighted by Gasteiger charge is 2.26. The van der Waals surface area contributed by atoms with Crippen LogP contribution in [0.25, 0.3) is 11.3 Å². The van der Waals surface area contributed by atoms with E-state index in [2.05, 4.69) is 62.7 Å². The number of aliphatic imine (C=N–C) groups is 1. The second-order valence-electron chi connectivity index (χ2n) is 8.02. The molecule has 0 amide bonds. The summed E-state index contributed by atoms with van der Waals surface area (Å²) in [6.45, 7) is 4.21.